The highest BCUT2D eigenvalue weighted by molar-refractivity contribution is 5.73. The Morgan fingerprint density at radius 3 is 2.65 bits per heavy atom. The summed E-state index contributed by atoms with van der Waals surface area (Å²) in [5, 5.41) is 9.70. The minimum Gasteiger partial charge on any atom is -0.494 e. The van der Waals surface area contributed by atoms with Gasteiger partial charge in [-0.15, -0.1) is 0 Å². The van der Waals surface area contributed by atoms with Crippen molar-refractivity contribution in [2.45, 2.75) is 38.3 Å². The van der Waals surface area contributed by atoms with Crippen LogP contribution in [-0.4, -0.2) is 35.2 Å². The van der Waals surface area contributed by atoms with Crippen molar-refractivity contribution in [3.05, 3.63) is 65.5 Å². The molecule has 3 rings (SSSR count). The smallest absolute Gasteiger partial charge is 0.320 e. The van der Waals surface area contributed by atoms with Crippen molar-refractivity contribution in [2.75, 3.05) is 13.2 Å². The first-order chi connectivity index (χ1) is 12.6. The zero-order valence-electron chi connectivity index (χ0n) is 14.9. The number of aliphatic carboxylic acids is 1. The van der Waals surface area contributed by atoms with Gasteiger partial charge in [-0.3, -0.25) is 9.69 Å². The van der Waals surface area contributed by atoms with E-state index in [4.69, 9.17) is 4.74 Å². The van der Waals surface area contributed by atoms with Crippen molar-refractivity contribution in [1.82, 2.24) is 4.90 Å². The van der Waals surface area contributed by atoms with E-state index in [0.29, 0.717) is 19.6 Å². The predicted octanol–water partition coefficient (Wildman–Crippen LogP) is 4.25. The second-order valence-electron chi connectivity index (χ2n) is 6.55. The molecule has 2 atom stereocenters. The highest BCUT2D eigenvalue weighted by Gasteiger charge is 2.35. The van der Waals surface area contributed by atoms with E-state index in [1.54, 1.807) is 6.07 Å². The zero-order valence-corrected chi connectivity index (χ0v) is 14.9. The van der Waals surface area contributed by atoms with Crippen LogP contribution in [0.3, 0.4) is 0 Å². The van der Waals surface area contributed by atoms with Crippen LogP contribution in [0.5, 0.6) is 5.75 Å². The molecule has 1 heterocycles. The molecular formula is C21H24FNO3. The van der Waals surface area contributed by atoms with Crippen molar-refractivity contribution in [1.29, 1.82) is 0 Å². The largest absolute Gasteiger partial charge is 0.494 e. The van der Waals surface area contributed by atoms with E-state index in [-0.39, 0.29) is 11.9 Å². The summed E-state index contributed by atoms with van der Waals surface area (Å²) < 4.78 is 19.5. The van der Waals surface area contributed by atoms with E-state index in [2.05, 4.69) is 0 Å². The highest BCUT2D eigenvalue weighted by atomic mass is 19.1. The van der Waals surface area contributed by atoms with Gasteiger partial charge < -0.3 is 9.84 Å². The molecule has 0 aliphatic carbocycles. The lowest BCUT2D eigenvalue weighted by atomic mass is 9.91. The number of hydrogen-bond acceptors (Lipinski definition) is 3. The maximum atomic E-state index is 13.9. The van der Waals surface area contributed by atoms with Crippen LogP contribution >= 0.6 is 0 Å². The van der Waals surface area contributed by atoms with Gasteiger partial charge in [-0.25, -0.2) is 4.39 Å². The molecule has 1 fully saturated rings. The first-order valence-electron chi connectivity index (χ1n) is 9.07. The maximum absolute atomic E-state index is 13.9. The molecule has 2 unspecified atom stereocenters. The average Bonchev–Trinajstić information content (AvgIpc) is 2.63. The summed E-state index contributed by atoms with van der Waals surface area (Å²) in [4.78, 5) is 13.8. The van der Waals surface area contributed by atoms with Gasteiger partial charge in [0.1, 0.15) is 17.6 Å². The molecule has 2 aromatic carbocycles. The second kappa shape index (κ2) is 8.32. The van der Waals surface area contributed by atoms with Crippen LogP contribution in [0.4, 0.5) is 4.39 Å². The standard InChI is InChI=1S/C21H24FNO3/c1-2-26-18-10-6-8-16(14-18)20(15-7-5-9-17(22)13-15)23-12-4-3-11-19(23)21(24)25/h5-10,13-14,19-20H,2-4,11-12H2,1H3,(H,24,25). The number of carbonyl (C=O) groups is 1. The summed E-state index contributed by atoms with van der Waals surface area (Å²) in [6.07, 6.45) is 2.43. The van der Waals surface area contributed by atoms with Crippen LogP contribution in [0.15, 0.2) is 48.5 Å². The number of carboxylic acids is 1. The van der Waals surface area contributed by atoms with E-state index in [0.717, 1.165) is 29.7 Å². The van der Waals surface area contributed by atoms with E-state index in [1.807, 2.05) is 42.2 Å². The average molecular weight is 357 g/mol. The molecule has 4 nitrogen and oxygen atoms in total. The monoisotopic (exact) mass is 357 g/mol. The molecule has 0 saturated carbocycles. The number of nitrogens with zero attached hydrogens (tertiary/aromatic N) is 1. The van der Waals surface area contributed by atoms with E-state index in [1.165, 1.54) is 12.1 Å². The molecular weight excluding hydrogens is 333 g/mol. The molecule has 0 spiro atoms. The number of likely N-dealkylation sites (tertiary alicyclic amines) is 1. The Balaban J connectivity index is 2.07. The molecule has 5 heteroatoms. The van der Waals surface area contributed by atoms with Crippen LogP contribution in [0.25, 0.3) is 0 Å². The van der Waals surface area contributed by atoms with Crippen LogP contribution in [0.2, 0.25) is 0 Å². The van der Waals surface area contributed by atoms with Crippen molar-refractivity contribution in [3.8, 4) is 5.75 Å². The van der Waals surface area contributed by atoms with E-state index in [9.17, 15) is 14.3 Å². The summed E-state index contributed by atoms with van der Waals surface area (Å²) in [5.41, 5.74) is 1.67. The Hall–Kier alpha value is -2.40. The van der Waals surface area contributed by atoms with Gasteiger partial charge in [0, 0.05) is 0 Å². The van der Waals surface area contributed by atoms with Crippen LogP contribution in [0.1, 0.15) is 43.4 Å². The quantitative estimate of drug-likeness (QED) is 0.839. The number of rotatable bonds is 6. The third-order valence-electron chi connectivity index (χ3n) is 4.81. The van der Waals surface area contributed by atoms with Crippen molar-refractivity contribution >= 4 is 5.97 Å². The molecule has 0 aromatic heterocycles. The van der Waals surface area contributed by atoms with Gasteiger partial charge in [0.2, 0.25) is 0 Å². The van der Waals surface area contributed by atoms with Crippen molar-refractivity contribution < 1.29 is 19.0 Å². The third-order valence-corrected chi connectivity index (χ3v) is 4.81. The second-order valence-corrected chi connectivity index (χ2v) is 6.55. The first kappa shape index (κ1) is 18.4. The normalized spacial score (nSPS) is 19.1. The molecule has 1 N–H and O–H groups in total. The fourth-order valence-corrected chi connectivity index (χ4v) is 3.72. The number of piperidine rings is 1. The minimum absolute atomic E-state index is 0.322. The Morgan fingerprint density at radius 1 is 1.23 bits per heavy atom. The molecule has 1 aliphatic heterocycles. The number of halogens is 1. The summed E-state index contributed by atoms with van der Waals surface area (Å²) in [5.74, 6) is -0.417. The lowest BCUT2D eigenvalue weighted by Crippen LogP contribution is -2.46. The molecule has 26 heavy (non-hydrogen) atoms. The lowest BCUT2D eigenvalue weighted by molar-refractivity contribution is -0.145. The number of carboxylic acid groups (broad SMARTS) is 1. The van der Waals surface area contributed by atoms with Crippen LogP contribution < -0.4 is 4.74 Å². The van der Waals surface area contributed by atoms with Gasteiger partial charge in [0.15, 0.2) is 0 Å². The fraction of sp³-hybridized carbons (Fsp3) is 0.381. The lowest BCUT2D eigenvalue weighted by Gasteiger charge is -2.39. The molecule has 2 aromatic rings. The zero-order chi connectivity index (χ0) is 18.5. The Kier molecular flexibility index (Phi) is 5.89. The summed E-state index contributed by atoms with van der Waals surface area (Å²) in [7, 11) is 0. The predicted molar refractivity (Wildman–Crippen MR) is 97.8 cm³/mol. The van der Waals surface area contributed by atoms with E-state index >= 15 is 0 Å². The van der Waals surface area contributed by atoms with Gasteiger partial charge >= 0.3 is 5.97 Å². The molecule has 1 aliphatic rings. The van der Waals surface area contributed by atoms with Gasteiger partial charge in [0.05, 0.1) is 12.6 Å². The molecule has 0 bridgehead atoms. The Morgan fingerprint density at radius 2 is 1.96 bits per heavy atom. The SMILES string of the molecule is CCOc1cccc(C(c2cccc(F)c2)N2CCCCC2C(=O)O)c1. The fourth-order valence-electron chi connectivity index (χ4n) is 3.72. The van der Waals surface area contributed by atoms with Gasteiger partial charge in [-0.05, 0) is 61.7 Å². The summed E-state index contributed by atoms with van der Waals surface area (Å²) >= 11 is 0. The van der Waals surface area contributed by atoms with E-state index < -0.39 is 12.0 Å². The Bertz CT molecular complexity index is 764. The number of ether oxygens (including phenoxy) is 1. The summed E-state index contributed by atoms with van der Waals surface area (Å²) in [6.45, 7) is 3.13. The maximum Gasteiger partial charge on any atom is 0.320 e. The number of hydrogen-bond donors (Lipinski definition) is 1. The number of benzene rings is 2. The van der Waals surface area contributed by atoms with Gasteiger partial charge in [0.25, 0.3) is 0 Å². The van der Waals surface area contributed by atoms with Crippen LogP contribution in [0, 0.1) is 5.82 Å². The summed E-state index contributed by atoms with van der Waals surface area (Å²) in [6, 6.07) is 13.2. The highest BCUT2D eigenvalue weighted by Crippen LogP contribution is 2.35. The molecule has 138 valence electrons. The molecule has 0 amide bonds. The third kappa shape index (κ3) is 4.05. The molecule has 1 saturated heterocycles. The first-order valence-corrected chi connectivity index (χ1v) is 9.07. The minimum atomic E-state index is -0.827. The van der Waals surface area contributed by atoms with Crippen molar-refractivity contribution in [2.24, 2.45) is 0 Å². The van der Waals surface area contributed by atoms with Crippen molar-refractivity contribution in [3.63, 3.8) is 0 Å². The topological polar surface area (TPSA) is 49.8 Å². The van der Waals surface area contributed by atoms with Gasteiger partial charge in [-0.2, -0.15) is 0 Å². The van der Waals surface area contributed by atoms with Gasteiger partial charge in [-0.1, -0.05) is 30.7 Å². The molecule has 0 radical (unpaired) electrons. The van der Waals surface area contributed by atoms with Crippen LogP contribution in [-0.2, 0) is 4.79 Å². The Labute approximate surface area is 153 Å².